The lowest BCUT2D eigenvalue weighted by atomic mass is 10.1. The number of rotatable bonds is 4. The number of piperazine rings is 1. The van der Waals surface area contributed by atoms with Gasteiger partial charge in [0, 0.05) is 79.4 Å². The number of thiophene rings is 1. The predicted octanol–water partition coefficient (Wildman–Crippen LogP) is 3.73. The van der Waals surface area contributed by atoms with Gasteiger partial charge in [0.05, 0.1) is 5.69 Å². The van der Waals surface area contributed by atoms with Crippen LogP contribution in [0.2, 0.25) is 0 Å². The van der Waals surface area contributed by atoms with Crippen molar-refractivity contribution in [1.82, 2.24) is 14.9 Å². The molecule has 0 radical (unpaired) electrons. The topological polar surface area (TPSA) is 35.5 Å². The highest BCUT2D eigenvalue weighted by Crippen LogP contribution is 2.24. The fourth-order valence-electron chi connectivity index (χ4n) is 4.25. The third kappa shape index (κ3) is 4.14. The highest BCUT2D eigenvalue weighted by atomic mass is 32.1. The second kappa shape index (κ2) is 8.13. The van der Waals surface area contributed by atoms with Gasteiger partial charge in [-0.1, -0.05) is 18.2 Å². The minimum atomic E-state index is 0.902. The largest absolute Gasteiger partial charge is 0.368 e. The van der Waals surface area contributed by atoms with E-state index in [1.807, 2.05) is 11.3 Å². The van der Waals surface area contributed by atoms with Crippen molar-refractivity contribution in [1.29, 1.82) is 0 Å². The van der Waals surface area contributed by atoms with Crippen LogP contribution in [0.3, 0.4) is 0 Å². The molecule has 29 heavy (non-hydrogen) atoms. The molecular formula is C23H27N5S. The number of aromatic nitrogens is 2. The quantitative estimate of drug-likeness (QED) is 0.661. The Bertz CT molecular complexity index is 962. The zero-order chi connectivity index (χ0) is 19.6. The number of hydrogen-bond donors (Lipinski definition) is 0. The Morgan fingerprint density at radius 3 is 2.48 bits per heavy atom. The van der Waals surface area contributed by atoms with Crippen LogP contribution in [-0.2, 0) is 19.5 Å². The maximum Gasteiger partial charge on any atom is 0.225 e. The fourth-order valence-corrected chi connectivity index (χ4v) is 5.18. The van der Waals surface area contributed by atoms with Gasteiger partial charge in [-0.15, -0.1) is 11.3 Å². The molecule has 0 unspecified atom stereocenters. The van der Waals surface area contributed by atoms with Gasteiger partial charge in [0.25, 0.3) is 0 Å². The molecule has 0 aliphatic carbocycles. The summed E-state index contributed by atoms with van der Waals surface area (Å²) < 4.78 is 0. The summed E-state index contributed by atoms with van der Waals surface area (Å²) in [5, 5.41) is 0. The molecule has 4 heterocycles. The van der Waals surface area contributed by atoms with Gasteiger partial charge in [-0.05, 0) is 31.2 Å². The van der Waals surface area contributed by atoms with Gasteiger partial charge in [0.15, 0.2) is 0 Å². The van der Waals surface area contributed by atoms with Gasteiger partial charge in [-0.2, -0.15) is 0 Å². The summed E-state index contributed by atoms with van der Waals surface area (Å²) >= 11 is 1.90. The van der Waals surface area contributed by atoms with Crippen molar-refractivity contribution in [2.45, 2.75) is 26.4 Å². The Balaban J connectivity index is 1.22. The zero-order valence-corrected chi connectivity index (χ0v) is 17.7. The van der Waals surface area contributed by atoms with Crippen molar-refractivity contribution >= 4 is 23.0 Å². The summed E-state index contributed by atoms with van der Waals surface area (Å²) in [7, 11) is 0. The molecule has 0 N–H and O–H groups in total. The first kappa shape index (κ1) is 18.6. The van der Waals surface area contributed by atoms with Crippen LogP contribution in [-0.4, -0.2) is 47.6 Å². The van der Waals surface area contributed by atoms with Crippen LogP contribution in [0.4, 0.5) is 11.6 Å². The SMILES string of the molecule is Cc1ccc(CN2CCc3nc(N4CCN(c5ccccc5)CC4)ncc3C2)s1. The maximum absolute atomic E-state index is 4.95. The van der Waals surface area contributed by atoms with Crippen molar-refractivity contribution in [2.24, 2.45) is 0 Å². The lowest BCUT2D eigenvalue weighted by Gasteiger charge is -2.36. The molecule has 0 saturated carbocycles. The average Bonchev–Trinajstić information content (AvgIpc) is 3.18. The molecule has 1 saturated heterocycles. The lowest BCUT2D eigenvalue weighted by Crippen LogP contribution is -2.47. The maximum atomic E-state index is 4.95. The third-order valence-electron chi connectivity index (χ3n) is 5.86. The first-order chi connectivity index (χ1) is 14.2. The van der Waals surface area contributed by atoms with E-state index in [9.17, 15) is 0 Å². The number of aryl methyl sites for hydroxylation is 1. The van der Waals surface area contributed by atoms with Crippen LogP contribution in [0.25, 0.3) is 0 Å². The number of anilines is 2. The lowest BCUT2D eigenvalue weighted by molar-refractivity contribution is 0.245. The fraction of sp³-hybridized carbons (Fsp3) is 0.391. The highest BCUT2D eigenvalue weighted by molar-refractivity contribution is 7.11. The summed E-state index contributed by atoms with van der Waals surface area (Å²) in [6.07, 6.45) is 3.08. The Morgan fingerprint density at radius 2 is 1.72 bits per heavy atom. The van der Waals surface area contributed by atoms with Gasteiger partial charge in [0.2, 0.25) is 5.95 Å². The van der Waals surface area contributed by atoms with Crippen LogP contribution in [0.1, 0.15) is 21.0 Å². The molecule has 1 aromatic carbocycles. The smallest absolute Gasteiger partial charge is 0.225 e. The van der Waals surface area contributed by atoms with Gasteiger partial charge in [-0.3, -0.25) is 4.90 Å². The van der Waals surface area contributed by atoms with E-state index in [1.165, 1.54) is 26.7 Å². The second-order valence-corrected chi connectivity index (χ2v) is 9.30. The summed E-state index contributed by atoms with van der Waals surface area (Å²) in [4.78, 5) is 19.8. The van der Waals surface area contributed by atoms with Crippen LogP contribution in [0.5, 0.6) is 0 Å². The van der Waals surface area contributed by atoms with E-state index in [0.29, 0.717) is 0 Å². The summed E-state index contributed by atoms with van der Waals surface area (Å²) in [5.74, 6) is 0.902. The Morgan fingerprint density at radius 1 is 0.931 bits per heavy atom. The number of para-hydroxylation sites is 1. The van der Waals surface area contributed by atoms with Crippen molar-refractivity contribution in [3.8, 4) is 0 Å². The normalized spacial score (nSPS) is 17.4. The molecular weight excluding hydrogens is 378 g/mol. The van der Waals surface area contributed by atoms with E-state index in [1.54, 1.807) is 0 Å². The second-order valence-electron chi connectivity index (χ2n) is 7.92. The van der Waals surface area contributed by atoms with E-state index >= 15 is 0 Å². The number of hydrogen-bond acceptors (Lipinski definition) is 6. The molecule has 5 nitrogen and oxygen atoms in total. The zero-order valence-electron chi connectivity index (χ0n) is 16.9. The molecule has 0 bridgehead atoms. The van der Waals surface area contributed by atoms with Crippen molar-refractivity contribution in [2.75, 3.05) is 42.5 Å². The van der Waals surface area contributed by atoms with E-state index in [2.05, 4.69) is 70.3 Å². The van der Waals surface area contributed by atoms with Crippen LogP contribution in [0, 0.1) is 6.92 Å². The molecule has 6 heteroatoms. The minimum absolute atomic E-state index is 0.902. The molecule has 2 aliphatic rings. The highest BCUT2D eigenvalue weighted by Gasteiger charge is 2.23. The molecule has 2 aliphatic heterocycles. The first-order valence-corrected chi connectivity index (χ1v) is 11.2. The van der Waals surface area contributed by atoms with Gasteiger partial charge in [-0.25, -0.2) is 9.97 Å². The minimum Gasteiger partial charge on any atom is -0.368 e. The molecule has 150 valence electrons. The first-order valence-electron chi connectivity index (χ1n) is 10.4. The Kier molecular flexibility index (Phi) is 5.21. The number of benzene rings is 1. The van der Waals surface area contributed by atoms with E-state index in [0.717, 1.165) is 58.2 Å². The van der Waals surface area contributed by atoms with Crippen LogP contribution >= 0.6 is 11.3 Å². The molecule has 5 rings (SSSR count). The number of fused-ring (bicyclic) bond motifs is 1. The summed E-state index contributed by atoms with van der Waals surface area (Å²) in [6, 6.07) is 15.1. The molecule has 1 fully saturated rings. The number of nitrogens with zero attached hydrogens (tertiary/aromatic N) is 5. The third-order valence-corrected chi connectivity index (χ3v) is 6.85. The average molecular weight is 406 g/mol. The van der Waals surface area contributed by atoms with Crippen LogP contribution < -0.4 is 9.80 Å². The molecule has 2 aromatic heterocycles. The van der Waals surface area contributed by atoms with Gasteiger partial charge < -0.3 is 9.80 Å². The van der Waals surface area contributed by atoms with E-state index in [4.69, 9.17) is 9.97 Å². The van der Waals surface area contributed by atoms with E-state index in [-0.39, 0.29) is 0 Å². The standard InChI is InChI=1S/C23H27N5S/c1-18-7-8-21(29-18)17-26-10-9-22-19(16-26)15-24-23(25-22)28-13-11-27(12-14-28)20-5-3-2-4-6-20/h2-8,15H,9-14,16-17H2,1H3. The Labute approximate surface area is 176 Å². The summed E-state index contributed by atoms with van der Waals surface area (Å²) in [6.45, 7) is 9.19. The molecule has 0 atom stereocenters. The molecule has 0 amide bonds. The summed E-state index contributed by atoms with van der Waals surface area (Å²) in [5.41, 5.74) is 3.83. The molecule has 0 spiro atoms. The van der Waals surface area contributed by atoms with Crippen molar-refractivity contribution < 1.29 is 0 Å². The monoisotopic (exact) mass is 405 g/mol. The predicted molar refractivity (Wildman–Crippen MR) is 120 cm³/mol. The molecule has 3 aromatic rings. The van der Waals surface area contributed by atoms with E-state index < -0.39 is 0 Å². The Hall–Kier alpha value is -2.44. The van der Waals surface area contributed by atoms with Gasteiger partial charge >= 0.3 is 0 Å². The van der Waals surface area contributed by atoms with Crippen molar-refractivity contribution in [3.63, 3.8) is 0 Å². The van der Waals surface area contributed by atoms with Crippen molar-refractivity contribution in [3.05, 3.63) is 69.7 Å². The van der Waals surface area contributed by atoms with Gasteiger partial charge in [0.1, 0.15) is 0 Å². The van der Waals surface area contributed by atoms with Crippen LogP contribution in [0.15, 0.2) is 48.7 Å².